The number of likely N-dealkylation sites (tertiary alicyclic amines) is 1. The third-order valence-electron chi connectivity index (χ3n) is 4.86. The Bertz CT molecular complexity index is 441. The lowest BCUT2D eigenvalue weighted by atomic mass is 9.85. The van der Waals surface area contributed by atoms with Crippen LogP contribution in [0.15, 0.2) is 24.3 Å². The molecule has 3 heteroatoms. The molecule has 0 aliphatic carbocycles. The van der Waals surface area contributed by atoms with Gasteiger partial charge in [-0.3, -0.25) is 4.90 Å². The van der Waals surface area contributed by atoms with Crippen molar-refractivity contribution in [2.75, 3.05) is 20.2 Å². The molecule has 3 nitrogen and oxygen atoms in total. The third-order valence-corrected chi connectivity index (χ3v) is 4.86. The first-order valence-corrected chi connectivity index (χ1v) is 7.99. The fraction of sp³-hybridized carbons (Fsp3) is 0.667. The van der Waals surface area contributed by atoms with Crippen LogP contribution in [0.2, 0.25) is 0 Å². The van der Waals surface area contributed by atoms with Crippen molar-refractivity contribution in [2.45, 2.75) is 52.2 Å². The van der Waals surface area contributed by atoms with E-state index in [1.165, 1.54) is 19.3 Å². The first kappa shape index (κ1) is 16.3. The first-order chi connectivity index (χ1) is 9.93. The van der Waals surface area contributed by atoms with E-state index in [4.69, 9.17) is 4.74 Å². The summed E-state index contributed by atoms with van der Waals surface area (Å²) in [5.41, 5.74) is 1.39. The van der Waals surface area contributed by atoms with E-state index in [-0.39, 0.29) is 6.04 Å². The Hall–Kier alpha value is -1.06. The van der Waals surface area contributed by atoms with E-state index in [0.29, 0.717) is 5.41 Å². The van der Waals surface area contributed by atoms with Crippen LogP contribution in [0.3, 0.4) is 0 Å². The predicted molar refractivity (Wildman–Crippen MR) is 86.6 cm³/mol. The van der Waals surface area contributed by atoms with Crippen molar-refractivity contribution in [1.29, 1.82) is 0 Å². The van der Waals surface area contributed by atoms with Crippen LogP contribution in [0.1, 0.15) is 51.7 Å². The molecule has 1 aliphatic heterocycles. The van der Waals surface area contributed by atoms with Crippen molar-refractivity contribution in [3.8, 4) is 5.75 Å². The number of hydrogen-bond acceptors (Lipinski definition) is 3. The Labute approximate surface area is 128 Å². The van der Waals surface area contributed by atoms with Crippen LogP contribution in [0.25, 0.3) is 0 Å². The van der Waals surface area contributed by atoms with Crippen LogP contribution in [0.4, 0.5) is 0 Å². The van der Waals surface area contributed by atoms with E-state index >= 15 is 0 Å². The molecule has 1 saturated heterocycles. The molecule has 21 heavy (non-hydrogen) atoms. The number of rotatable bonds is 4. The van der Waals surface area contributed by atoms with Crippen molar-refractivity contribution >= 4 is 0 Å². The zero-order chi connectivity index (χ0) is 15.5. The van der Waals surface area contributed by atoms with Crippen LogP contribution >= 0.6 is 0 Å². The second kappa shape index (κ2) is 6.80. The molecule has 0 amide bonds. The fourth-order valence-electron chi connectivity index (χ4n) is 3.13. The largest absolute Gasteiger partial charge is 0.497 e. The molecule has 1 fully saturated rings. The second-order valence-electron chi connectivity index (χ2n) is 7.01. The highest BCUT2D eigenvalue weighted by atomic mass is 16.5. The Kier molecular flexibility index (Phi) is 5.28. The second-order valence-corrected chi connectivity index (χ2v) is 7.01. The molecule has 1 heterocycles. The highest BCUT2D eigenvalue weighted by Crippen LogP contribution is 2.32. The normalized spacial score (nSPS) is 22.3. The van der Waals surface area contributed by atoms with Gasteiger partial charge in [0.1, 0.15) is 5.75 Å². The SMILES string of the molecule is COc1ccc(C(O)C(C)N2CCCC(C)(C)CC2)cc1. The monoisotopic (exact) mass is 291 g/mol. The molecule has 0 aromatic heterocycles. The van der Waals surface area contributed by atoms with E-state index in [1.54, 1.807) is 7.11 Å². The maximum atomic E-state index is 10.6. The maximum absolute atomic E-state index is 10.6. The van der Waals surface area contributed by atoms with E-state index in [0.717, 1.165) is 24.4 Å². The molecule has 2 atom stereocenters. The van der Waals surface area contributed by atoms with Gasteiger partial charge in [-0.1, -0.05) is 26.0 Å². The van der Waals surface area contributed by atoms with E-state index in [2.05, 4.69) is 25.7 Å². The standard InChI is InChI=1S/C18H29NO2/c1-14(19-12-5-10-18(2,3)11-13-19)17(20)15-6-8-16(21-4)9-7-15/h6-9,14,17,20H,5,10-13H2,1-4H3. The number of benzene rings is 1. The molecule has 0 radical (unpaired) electrons. The maximum Gasteiger partial charge on any atom is 0.118 e. The summed E-state index contributed by atoms with van der Waals surface area (Å²) in [5, 5.41) is 10.6. The molecule has 1 aromatic carbocycles. The van der Waals surface area contributed by atoms with Crippen LogP contribution in [-0.2, 0) is 0 Å². The van der Waals surface area contributed by atoms with Gasteiger partial charge in [-0.15, -0.1) is 0 Å². The predicted octanol–water partition coefficient (Wildman–Crippen LogP) is 3.63. The number of methoxy groups -OCH3 is 1. The number of hydrogen-bond donors (Lipinski definition) is 1. The summed E-state index contributed by atoms with van der Waals surface area (Å²) in [6.07, 6.45) is 3.24. The summed E-state index contributed by atoms with van der Waals surface area (Å²) >= 11 is 0. The van der Waals surface area contributed by atoms with Gasteiger partial charge in [-0.05, 0) is 62.4 Å². The highest BCUT2D eigenvalue weighted by molar-refractivity contribution is 5.29. The zero-order valence-corrected chi connectivity index (χ0v) is 13.8. The lowest BCUT2D eigenvalue weighted by Gasteiger charge is -2.32. The molecular weight excluding hydrogens is 262 g/mol. The minimum Gasteiger partial charge on any atom is -0.497 e. The summed E-state index contributed by atoms with van der Waals surface area (Å²) in [6.45, 7) is 8.98. The van der Waals surface area contributed by atoms with Crippen LogP contribution in [-0.4, -0.2) is 36.2 Å². The Balaban J connectivity index is 2.02. The Morgan fingerprint density at radius 3 is 2.43 bits per heavy atom. The third kappa shape index (κ3) is 4.21. The van der Waals surface area contributed by atoms with E-state index in [9.17, 15) is 5.11 Å². The van der Waals surface area contributed by atoms with E-state index < -0.39 is 6.10 Å². The summed E-state index contributed by atoms with van der Waals surface area (Å²) < 4.78 is 5.17. The number of nitrogens with zero attached hydrogens (tertiary/aromatic N) is 1. The van der Waals surface area contributed by atoms with Gasteiger partial charge in [0.05, 0.1) is 13.2 Å². The van der Waals surface area contributed by atoms with Gasteiger partial charge >= 0.3 is 0 Å². The molecule has 0 bridgehead atoms. The fourth-order valence-corrected chi connectivity index (χ4v) is 3.13. The smallest absolute Gasteiger partial charge is 0.118 e. The molecule has 1 aliphatic rings. The van der Waals surface area contributed by atoms with Gasteiger partial charge in [0.2, 0.25) is 0 Å². The highest BCUT2D eigenvalue weighted by Gasteiger charge is 2.28. The molecule has 118 valence electrons. The summed E-state index contributed by atoms with van der Waals surface area (Å²) in [4.78, 5) is 2.43. The molecule has 0 saturated carbocycles. The number of aliphatic hydroxyl groups excluding tert-OH is 1. The van der Waals surface area contributed by atoms with Gasteiger partial charge in [-0.25, -0.2) is 0 Å². The topological polar surface area (TPSA) is 32.7 Å². The molecule has 2 unspecified atom stereocenters. The number of ether oxygens (including phenoxy) is 1. The molecule has 2 rings (SSSR count). The Morgan fingerprint density at radius 2 is 1.81 bits per heavy atom. The summed E-state index contributed by atoms with van der Waals surface area (Å²) in [7, 11) is 1.66. The molecule has 0 spiro atoms. The lowest BCUT2D eigenvalue weighted by molar-refractivity contribution is 0.0581. The van der Waals surface area contributed by atoms with Gasteiger partial charge in [0.25, 0.3) is 0 Å². The van der Waals surface area contributed by atoms with Crippen molar-refractivity contribution in [3.05, 3.63) is 29.8 Å². The minimum absolute atomic E-state index is 0.146. The van der Waals surface area contributed by atoms with Gasteiger partial charge in [0, 0.05) is 6.04 Å². The first-order valence-electron chi connectivity index (χ1n) is 7.99. The van der Waals surface area contributed by atoms with Gasteiger partial charge in [0.15, 0.2) is 0 Å². The summed E-state index contributed by atoms with van der Waals surface area (Å²) in [6, 6.07) is 7.89. The average Bonchev–Trinajstić information content (AvgIpc) is 2.66. The summed E-state index contributed by atoms with van der Waals surface area (Å²) in [5.74, 6) is 0.829. The lowest BCUT2D eigenvalue weighted by Crippen LogP contribution is -2.38. The average molecular weight is 291 g/mol. The quantitative estimate of drug-likeness (QED) is 0.919. The van der Waals surface area contributed by atoms with Crippen molar-refractivity contribution in [1.82, 2.24) is 4.90 Å². The molecule has 1 aromatic rings. The molecular formula is C18H29NO2. The minimum atomic E-state index is -0.447. The van der Waals surface area contributed by atoms with Crippen molar-refractivity contribution in [2.24, 2.45) is 5.41 Å². The zero-order valence-electron chi connectivity index (χ0n) is 13.8. The Morgan fingerprint density at radius 1 is 1.14 bits per heavy atom. The van der Waals surface area contributed by atoms with Crippen molar-refractivity contribution in [3.63, 3.8) is 0 Å². The van der Waals surface area contributed by atoms with Crippen molar-refractivity contribution < 1.29 is 9.84 Å². The van der Waals surface area contributed by atoms with E-state index in [1.807, 2.05) is 24.3 Å². The van der Waals surface area contributed by atoms with Crippen LogP contribution < -0.4 is 4.74 Å². The number of aliphatic hydroxyl groups is 1. The van der Waals surface area contributed by atoms with Crippen LogP contribution in [0, 0.1) is 5.41 Å². The molecule has 1 N–H and O–H groups in total. The van der Waals surface area contributed by atoms with Gasteiger partial charge < -0.3 is 9.84 Å². The van der Waals surface area contributed by atoms with Gasteiger partial charge in [-0.2, -0.15) is 0 Å². The van der Waals surface area contributed by atoms with Crippen LogP contribution in [0.5, 0.6) is 5.75 Å².